The average molecular weight is 480 g/mol. The summed E-state index contributed by atoms with van der Waals surface area (Å²) in [7, 11) is 3.94. The minimum Gasteiger partial charge on any atom is -0.478 e. The third-order valence-electron chi connectivity index (χ3n) is 4.92. The van der Waals surface area contributed by atoms with Gasteiger partial charge < -0.3 is 15.3 Å². The average Bonchev–Trinajstić information content (AvgIpc) is 2.80. The van der Waals surface area contributed by atoms with Crippen LogP contribution >= 0.6 is 11.8 Å². The summed E-state index contributed by atoms with van der Waals surface area (Å²) in [5.74, 6) is -1.95. The number of aromatic carboxylic acids is 1. The Bertz CT molecular complexity index is 1140. The zero-order valence-corrected chi connectivity index (χ0v) is 19.8. The Morgan fingerprint density at radius 2 is 1.82 bits per heavy atom. The molecule has 0 saturated carbocycles. The van der Waals surface area contributed by atoms with Crippen LogP contribution < -0.4 is 10.2 Å². The van der Waals surface area contributed by atoms with Gasteiger partial charge in [-0.15, -0.1) is 0 Å². The number of hydrogen-bond acceptors (Lipinski definition) is 7. The molecule has 3 N–H and O–H groups in total. The van der Waals surface area contributed by atoms with Crippen molar-refractivity contribution >= 4 is 57.9 Å². The van der Waals surface area contributed by atoms with Crippen LogP contribution in [0.3, 0.4) is 0 Å². The zero-order chi connectivity index (χ0) is 24.8. The fourth-order valence-corrected chi connectivity index (χ4v) is 3.95. The third-order valence-corrected chi connectivity index (χ3v) is 5.98. The number of allylic oxidation sites excluding steroid dienone is 1. The maximum atomic E-state index is 12.6. The van der Waals surface area contributed by atoms with Crippen molar-refractivity contribution in [3.05, 3.63) is 65.7 Å². The number of hydrogen-bond donors (Lipinski definition) is 3. The lowest BCUT2D eigenvalue weighted by Crippen LogP contribution is -2.42. The van der Waals surface area contributed by atoms with Gasteiger partial charge in [-0.05, 0) is 55.0 Å². The minimum atomic E-state index is -1.06. The molecule has 1 unspecified atom stereocenters. The number of carbonyl (C=O) groups is 3. The molecule has 2 aromatic rings. The Morgan fingerprint density at radius 1 is 1.18 bits per heavy atom. The second kappa shape index (κ2) is 10.8. The predicted octanol–water partition coefficient (Wildman–Crippen LogP) is 3.75. The summed E-state index contributed by atoms with van der Waals surface area (Å²) >= 11 is 0.941. The highest BCUT2D eigenvalue weighted by Gasteiger charge is 2.35. The first kappa shape index (κ1) is 24.7. The van der Waals surface area contributed by atoms with Crippen LogP contribution in [-0.2, 0) is 9.59 Å². The first-order chi connectivity index (χ1) is 16.1. The van der Waals surface area contributed by atoms with Gasteiger partial charge in [0.2, 0.25) is 5.91 Å². The van der Waals surface area contributed by atoms with Crippen LogP contribution in [0.4, 0.5) is 11.4 Å². The van der Waals surface area contributed by atoms with E-state index in [1.807, 2.05) is 49.3 Å². The van der Waals surface area contributed by atoms with Gasteiger partial charge in [-0.2, -0.15) is 10.1 Å². The second-order valence-corrected chi connectivity index (χ2v) is 8.95. The van der Waals surface area contributed by atoms with Gasteiger partial charge in [0.15, 0.2) is 5.17 Å². The number of carboxylic acids is 1. The first-order valence-electron chi connectivity index (χ1n) is 10.4. The number of amidine groups is 1. The molecule has 1 aliphatic heterocycles. The van der Waals surface area contributed by atoms with Gasteiger partial charge in [-0.25, -0.2) is 4.79 Å². The highest BCUT2D eigenvalue weighted by atomic mass is 32.2. The molecule has 1 heterocycles. The molecule has 34 heavy (non-hydrogen) atoms. The van der Waals surface area contributed by atoms with E-state index in [0.717, 1.165) is 28.0 Å². The highest BCUT2D eigenvalue weighted by molar-refractivity contribution is 8.14. The number of nitrogens with zero attached hydrogens (tertiary/aromatic N) is 3. The fourth-order valence-electron chi connectivity index (χ4n) is 3.04. The lowest BCUT2D eigenvalue weighted by atomic mass is 10.1. The lowest BCUT2D eigenvalue weighted by Gasteiger charge is -2.27. The SMILES string of the molecule is CC(/C=C/c1ccc(N(C)C)cc1)=N\N1C(=N)SC(C(=O)Nc2ccc(C(=O)O)cc2)CC1=O. The van der Waals surface area contributed by atoms with Gasteiger partial charge in [0.05, 0.1) is 17.7 Å². The summed E-state index contributed by atoms with van der Waals surface area (Å²) in [4.78, 5) is 38.1. The number of hydrazone groups is 1. The van der Waals surface area contributed by atoms with Gasteiger partial charge in [0, 0.05) is 25.5 Å². The summed E-state index contributed by atoms with van der Waals surface area (Å²) in [6.07, 6.45) is 3.52. The molecule has 1 fully saturated rings. The Balaban J connectivity index is 1.60. The van der Waals surface area contributed by atoms with Crippen LogP contribution in [0.5, 0.6) is 0 Å². The van der Waals surface area contributed by atoms with Crippen molar-refractivity contribution in [2.45, 2.75) is 18.6 Å². The van der Waals surface area contributed by atoms with Gasteiger partial charge in [0.1, 0.15) is 5.25 Å². The van der Waals surface area contributed by atoms with Crippen LogP contribution in [0.15, 0.2) is 59.7 Å². The molecule has 2 amide bonds. The molecule has 0 bridgehead atoms. The van der Waals surface area contributed by atoms with Crippen LogP contribution in [0.2, 0.25) is 0 Å². The number of nitrogens with one attached hydrogen (secondary N) is 2. The van der Waals surface area contributed by atoms with Gasteiger partial charge in [-0.3, -0.25) is 15.0 Å². The molecule has 1 atom stereocenters. The second-order valence-electron chi connectivity index (χ2n) is 7.75. The molecule has 9 nitrogen and oxygen atoms in total. The van der Waals surface area contributed by atoms with Crippen molar-refractivity contribution < 1.29 is 19.5 Å². The topological polar surface area (TPSA) is 126 Å². The number of carbonyl (C=O) groups excluding carboxylic acids is 2. The summed E-state index contributed by atoms with van der Waals surface area (Å²) in [5.41, 5.74) is 3.11. The summed E-state index contributed by atoms with van der Waals surface area (Å²) in [6.45, 7) is 1.73. The first-order valence-corrected chi connectivity index (χ1v) is 11.2. The monoisotopic (exact) mass is 479 g/mol. The van der Waals surface area contributed by atoms with E-state index in [0.29, 0.717) is 11.4 Å². The van der Waals surface area contributed by atoms with E-state index in [9.17, 15) is 14.4 Å². The normalized spacial score (nSPS) is 16.6. The van der Waals surface area contributed by atoms with Crippen LogP contribution in [-0.4, -0.2) is 58.1 Å². The maximum Gasteiger partial charge on any atom is 0.335 e. The van der Waals surface area contributed by atoms with Crippen LogP contribution in [0.25, 0.3) is 6.08 Å². The molecule has 3 rings (SSSR count). The molecular formula is C24H25N5O4S. The van der Waals surface area contributed by atoms with E-state index < -0.39 is 23.0 Å². The Hall–Kier alpha value is -3.92. The van der Waals surface area contributed by atoms with Crippen molar-refractivity contribution in [2.24, 2.45) is 5.10 Å². The zero-order valence-electron chi connectivity index (χ0n) is 19.0. The number of amides is 2. The number of thioether (sulfide) groups is 1. The molecule has 176 valence electrons. The van der Waals surface area contributed by atoms with E-state index >= 15 is 0 Å². The number of rotatable bonds is 7. The summed E-state index contributed by atoms with van der Waals surface area (Å²) in [5, 5.41) is 24.1. The van der Waals surface area contributed by atoms with E-state index in [1.165, 1.54) is 24.3 Å². The van der Waals surface area contributed by atoms with Gasteiger partial charge in [0.25, 0.3) is 5.91 Å². The van der Waals surface area contributed by atoms with E-state index in [2.05, 4.69) is 10.4 Å². The molecule has 1 saturated heterocycles. The summed E-state index contributed by atoms with van der Waals surface area (Å²) < 4.78 is 0. The van der Waals surface area contributed by atoms with Gasteiger partial charge >= 0.3 is 5.97 Å². The minimum absolute atomic E-state index is 0.102. The fraction of sp³-hybridized carbons (Fsp3) is 0.208. The van der Waals surface area contributed by atoms with Crippen LogP contribution in [0.1, 0.15) is 29.3 Å². The Labute approximate surface area is 201 Å². The van der Waals surface area contributed by atoms with E-state index in [4.69, 9.17) is 10.5 Å². The number of benzene rings is 2. The maximum absolute atomic E-state index is 12.6. The van der Waals surface area contributed by atoms with Crippen molar-refractivity contribution in [1.29, 1.82) is 5.41 Å². The molecule has 10 heteroatoms. The molecule has 2 aromatic carbocycles. The van der Waals surface area contributed by atoms with Crippen molar-refractivity contribution in [3.63, 3.8) is 0 Å². The number of anilines is 2. The lowest BCUT2D eigenvalue weighted by molar-refractivity contribution is -0.129. The van der Waals surface area contributed by atoms with E-state index in [-0.39, 0.29) is 17.2 Å². The summed E-state index contributed by atoms with van der Waals surface area (Å²) in [6, 6.07) is 13.6. The van der Waals surface area contributed by atoms with Crippen molar-refractivity contribution in [1.82, 2.24) is 5.01 Å². The molecule has 1 aliphatic rings. The predicted molar refractivity (Wildman–Crippen MR) is 136 cm³/mol. The quantitative estimate of drug-likeness (QED) is 0.519. The van der Waals surface area contributed by atoms with Crippen molar-refractivity contribution in [2.75, 3.05) is 24.3 Å². The molecule has 0 spiro atoms. The molecular weight excluding hydrogens is 454 g/mol. The molecule has 0 aliphatic carbocycles. The standard InChI is InChI=1S/C24H25N5O4S/c1-15(4-5-16-6-12-19(13-7-16)28(2)3)27-29-21(30)14-20(34-24(29)25)22(31)26-18-10-8-17(9-11-18)23(32)33/h4-13,20,25H,14H2,1-3H3,(H,26,31)(H,32,33)/b5-4+,25-24?,27-15+. The Kier molecular flexibility index (Phi) is 7.85. The highest BCUT2D eigenvalue weighted by Crippen LogP contribution is 2.27. The smallest absolute Gasteiger partial charge is 0.335 e. The molecule has 0 radical (unpaired) electrons. The number of carboxylic acid groups (broad SMARTS) is 1. The molecule has 0 aromatic heterocycles. The van der Waals surface area contributed by atoms with E-state index in [1.54, 1.807) is 13.0 Å². The van der Waals surface area contributed by atoms with Crippen LogP contribution in [0, 0.1) is 5.41 Å². The Morgan fingerprint density at radius 3 is 2.38 bits per heavy atom. The largest absolute Gasteiger partial charge is 0.478 e. The van der Waals surface area contributed by atoms with Crippen molar-refractivity contribution in [3.8, 4) is 0 Å². The van der Waals surface area contributed by atoms with Gasteiger partial charge in [-0.1, -0.05) is 30.0 Å². The third kappa shape index (κ3) is 6.32.